The van der Waals surface area contributed by atoms with E-state index in [0.29, 0.717) is 11.1 Å². The average molecular weight is 315 g/mol. The van der Waals surface area contributed by atoms with E-state index in [1.165, 1.54) is 56.7 Å². The van der Waals surface area contributed by atoms with E-state index in [4.69, 9.17) is 4.74 Å². The van der Waals surface area contributed by atoms with Crippen molar-refractivity contribution >= 4 is 17.6 Å². The first-order valence-corrected chi connectivity index (χ1v) is 6.53. The van der Waals surface area contributed by atoms with Crippen LogP contribution in [0, 0.1) is 10.1 Å². The molecule has 0 amide bonds. The van der Waals surface area contributed by atoms with Crippen LogP contribution in [0.2, 0.25) is 0 Å². The number of ether oxygens (including phenoxy) is 2. The third-order valence-corrected chi connectivity index (χ3v) is 3.24. The van der Waals surface area contributed by atoms with Crippen LogP contribution in [0.5, 0.6) is 0 Å². The molecule has 2 aromatic rings. The second kappa shape index (κ2) is 6.69. The van der Waals surface area contributed by atoms with Crippen LogP contribution < -0.4 is 0 Å². The number of carbonyl (C=O) groups is 2. The van der Waals surface area contributed by atoms with Gasteiger partial charge in [0.15, 0.2) is 0 Å². The monoisotopic (exact) mass is 315 g/mol. The molecule has 0 aliphatic carbocycles. The fourth-order valence-corrected chi connectivity index (χ4v) is 2.08. The van der Waals surface area contributed by atoms with Gasteiger partial charge in [-0.05, 0) is 41.5 Å². The highest BCUT2D eigenvalue weighted by atomic mass is 16.6. The van der Waals surface area contributed by atoms with Crippen LogP contribution in [-0.2, 0) is 9.47 Å². The minimum Gasteiger partial charge on any atom is -0.465 e. The lowest BCUT2D eigenvalue weighted by Gasteiger charge is -2.10. The summed E-state index contributed by atoms with van der Waals surface area (Å²) in [4.78, 5) is 33.8. The van der Waals surface area contributed by atoms with Gasteiger partial charge in [-0.15, -0.1) is 0 Å². The van der Waals surface area contributed by atoms with Crippen molar-refractivity contribution in [3.8, 4) is 11.1 Å². The quantitative estimate of drug-likeness (QED) is 0.489. The molecule has 2 aromatic carbocycles. The second-order valence-corrected chi connectivity index (χ2v) is 4.55. The lowest BCUT2D eigenvalue weighted by Crippen LogP contribution is -2.07. The summed E-state index contributed by atoms with van der Waals surface area (Å²) in [7, 11) is 2.50. The molecule has 0 unspecified atom stereocenters. The summed E-state index contributed by atoms with van der Waals surface area (Å²) >= 11 is 0. The van der Waals surface area contributed by atoms with Crippen LogP contribution >= 0.6 is 0 Å². The smallest absolute Gasteiger partial charge is 0.338 e. The molecule has 118 valence electrons. The van der Waals surface area contributed by atoms with Gasteiger partial charge >= 0.3 is 11.9 Å². The molecule has 0 saturated heterocycles. The average Bonchev–Trinajstić information content (AvgIpc) is 2.59. The van der Waals surface area contributed by atoms with E-state index in [9.17, 15) is 19.7 Å². The number of esters is 2. The topological polar surface area (TPSA) is 95.7 Å². The standard InChI is InChI=1S/C16H13NO6/c1-22-15(18)11-5-8-13(16(19)23-2)14(9-11)10-3-6-12(7-4-10)17(20)21/h3-9H,1-2H3. The molecule has 0 N–H and O–H groups in total. The van der Waals surface area contributed by atoms with Gasteiger partial charge < -0.3 is 9.47 Å². The number of benzene rings is 2. The van der Waals surface area contributed by atoms with Crippen molar-refractivity contribution in [1.82, 2.24) is 0 Å². The zero-order valence-electron chi connectivity index (χ0n) is 12.4. The molecule has 0 aromatic heterocycles. The van der Waals surface area contributed by atoms with Crippen LogP contribution in [0.4, 0.5) is 5.69 Å². The molecule has 0 atom stereocenters. The Labute approximate surface area is 131 Å². The predicted octanol–water partition coefficient (Wildman–Crippen LogP) is 2.84. The Balaban J connectivity index is 2.58. The van der Waals surface area contributed by atoms with E-state index < -0.39 is 16.9 Å². The Hall–Kier alpha value is -3.22. The third-order valence-electron chi connectivity index (χ3n) is 3.24. The SMILES string of the molecule is COC(=O)c1ccc(C(=O)OC)c(-c2ccc([N+](=O)[O-])cc2)c1. The maximum absolute atomic E-state index is 11.9. The summed E-state index contributed by atoms with van der Waals surface area (Å²) in [6.45, 7) is 0. The lowest BCUT2D eigenvalue weighted by molar-refractivity contribution is -0.384. The first-order chi connectivity index (χ1) is 11.0. The van der Waals surface area contributed by atoms with Crippen LogP contribution in [0.3, 0.4) is 0 Å². The van der Waals surface area contributed by atoms with E-state index in [2.05, 4.69) is 4.74 Å². The van der Waals surface area contributed by atoms with Crippen molar-refractivity contribution in [3.63, 3.8) is 0 Å². The Kier molecular flexibility index (Phi) is 4.70. The molecular weight excluding hydrogens is 302 g/mol. The summed E-state index contributed by atoms with van der Waals surface area (Å²) in [5.41, 5.74) is 1.40. The number of rotatable bonds is 4. The second-order valence-electron chi connectivity index (χ2n) is 4.55. The van der Waals surface area contributed by atoms with Crippen molar-refractivity contribution in [2.45, 2.75) is 0 Å². The van der Waals surface area contributed by atoms with Gasteiger partial charge in [0.05, 0.1) is 30.3 Å². The normalized spacial score (nSPS) is 10.0. The molecule has 0 heterocycles. The lowest BCUT2D eigenvalue weighted by atomic mass is 9.97. The maximum atomic E-state index is 11.9. The summed E-state index contributed by atoms with van der Waals surface area (Å²) in [6.07, 6.45) is 0. The molecular formula is C16H13NO6. The molecule has 0 saturated carbocycles. The van der Waals surface area contributed by atoms with Gasteiger partial charge in [0, 0.05) is 12.1 Å². The van der Waals surface area contributed by atoms with Gasteiger partial charge in [-0.2, -0.15) is 0 Å². The molecule has 0 spiro atoms. The molecule has 0 aliphatic rings. The van der Waals surface area contributed by atoms with Gasteiger partial charge in [-0.1, -0.05) is 0 Å². The summed E-state index contributed by atoms with van der Waals surface area (Å²) in [5.74, 6) is -1.13. The molecule has 7 heteroatoms. The summed E-state index contributed by atoms with van der Waals surface area (Å²) in [5, 5.41) is 10.7. The number of hydrogen-bond donors (Lipinski definition) is 0. The van der Waals surface area contributed by atoms with Crippen molar-refractivity contribution in [2.75, 3.05) is 14.2 Å². The van der Waals surface area contributed by atoms with Crippen LogP contribution in [0.15, 0.2) is 42.5 Å². The van der Waals surface area contributed by atoms with E-state index in [1.807, 2.05) is 0 Å². The Morgan fingerprint density at radius 1 is 0.957 bits per heavy atom. The number of nitro benzene ring substituents is 1. The van der Waals surface area contributed by atoms with Gasteiger partial charge in [0.25, 0.3) is 5.69 Å². The fourth-order valence-electron chi connectivity index (χ4n) is 2.08. The Bertz CT molecular complexity index is 767. The minimum atomic E-state index is -0.574. The number of methoxy groups -OCH3 is 2. The predicted molar refractivity (Wildman–Crippen MR) is 81.2 cm³/mol. The molecule has 23 heavy (non-hydrogen) atoms. The summed E-state index contributed by atoms with van der Waals surface area (Å²) in [6, 6.07) is 10.0. The van der Waals surface area contributed by atoms with E-state index in [0.717, 1.165) is 0 Å². The van der Waals surface area contributed by atoms with Crippen molar-refractivity contribution in [2.24, 2.45) is 0 Å². The van der Waals surface area contributed by atoms with E-state index >= 15 is 0 Å². The van der Waals surface area contributed by atoms with Crippen molar-refractivity contribution in [3.05, 3.63) is 63.7 Å². The van der Waals surface area contributed by atoms with Gasteiger partial charge in [-0.3, -0.25) is 10.1 Å². The van der Waals surface area contributed by atoms with Crippen LogP contribution in [-0.4, -0.2) is 31.1 Å². The van der Waals surface area contributed by atoms with Crippen LogP contribution in [0.1, 0.15) is 20.7 Å². The van der Waals surface area contributed by atoms with Crippen molar-refractivity contribution < 1.29 is 24.0 Å². The molecule has 7 nitrogen and oxygen atoms in total. The zero-order valence-corrected chi connectivity index (χ0v) is 12.4. The Morgan fingerprint density at radius 2 is 1.57 bits per heavy atom. The Morgan fingerprint density at radius 3 is 2.09 bits per heavy atom. The van der Waals surface area contributed by atoms with E-state index in [-0.39, 0.29) is 16.8 Å². The molecule has 0 fully saturated rings. The maximum Gasteiger partial charge on any atom is 0.338 e. The number of carbonyl (C=O) groups excluding carboxylic acids is 2. The highest BCUT2D eigenvalue weighted by Gasteiger charge is 2.17. The van der Waals surface area contributed by atoms with Crippen LogP contribution in [0.25, 0.3) is 11.1 Å². The number of nitrogens with zero attached hydrogens (tertiary/aromatic N) is 1. The number of non-ortho nitro benzene ring substituents is 1. The van der Waals surface area contributed by atoms with Gasteiger partial charge in [0.1, 0.15) is 0 Å². The van der Waals surface area contributed by atoms with Gasteiger partial charge in [-0.25, -0.2) is 9.59 Å². The molecule has 2 rings (SSSR count). The summed E-state index contributed by atoms with van der Waals surface area (Å²) < 4.78 is 9.38. The highest BCUT2D eigenvalue weighted by Crippen LogP contribution is 2.28. The minimum absolute atomic E-state index is 0.0718. The highest BCUT2D eigenvalue weighted by molar-refractivity contribution is 6.00. The van der Waals surface area contributed by atoms with Crippen molar-refractivity contribution in [1.29, 1.82) is 0 Å². The number of hydrogen-bond acceptors (Lipinski definition) is 6. The van der Waals surface area contributed by atoms with E-state index in [1.54, 1.807) is 0 Å². The first-order valence-electron chi connectivity index (χ1n) is 6.53. The molecule has 0 aliphatic heterocycles. The molecule has 0 bridgehead atoms. The number of nitro groups is 1. The fraction of sp³-hybridized carbons (Fsp3) is 0.125. The first kappa shape index (κ1) is 16.2. The molecule has 0 radical (unpaired) electrons. The van der Waals surface area contributed by atoms with Gasteiger partial charge in [0.2, 0.25) is 0 Å². The zero-order chi connectivity index (χ0) is 17.0. The largest absolute Gasteiger partial charge is 0.465 e. The third kappa shape index (κ3) is 3.34.